The molecular weight excluding hydrogens is 715 g/mol. The molecule has 57 heavy (non-hydrogen) atoms. The number of nitrogens with one attached hydrogen (secondary N) is 1. The molecule has 1 fully saturated rings. The molecule has 1 saturated heterocycles. The summed E-state index contributed by atoms with van der Waals surface area (Å²) in [6, 6.07) is 0. The molecule has 1 N–H and O–H groups in total. The van der Waals surface area contributed by atoms with Crippen molar-refractivity contribution in [2.75, 3.05) is 59.0 Å². The van der Waals surface area contributed by atoms with Crippen molar-refractivity contribution in [2.24, 2.45) is 0 Å². The van der Waals surface area contributed by atoms with Crippen LogP contribution < -0.4 is 5.32 Å². The quantitative estimate of drug-likeness (QED) is 0.0284. The fourth-order valence-corrected chi connectivity index (χ4v) is 7.15. The van der Waals surface area contributed by atoms with Crippen LogP contribution in [0.1, 0.15) is 201 Å². The monoisotopic (exact) mass is 804 g/mol. The molecule has 332 valence electrons. The Morgan fingerprint density at radius 2 is 0.877 bits per heavy atom. The molecule has 1 aliphatic heterocycles. The van der Waals surface area contributed by atoms with E-state index in [1.807, 2.05) is 0 Å². The normalized spacial score (nSPS) is 14.4. The molecule has 1 rings (SSSR count). The Balaban J connectivity index is 2.28. The molecule has 1 amide bonds. The Hall–Kier alpha value is -2.39. The van der Waals surface area contributed by atoms with Gasteiger partial charge in [-0.3, -0.25) is 14.5 Å². The number of hydrogen-bond donors (Lipinski definition) is 1. The number of nitrogens with zero attached hydrogens (tertiary/aromatic N) is 2. The number of amides is 1. The van der Waals surface area contributed by atoms with Gasteiger partial charge in [-0.2, -0.15) is 0 Å². The largest absolute Gasteiger partial charge is 0.462 e. The molecule has 0 saturated carbocycles. The van der Waals surface area contributed by atoms with Gasteiger partial charge in [-0.05, 0) is 70.8 Å². The van der Waals surface area contributed by atoms with Gasteiger partial charge in [0.1, 0.15) is 13.2 Å². The van der Waals surface area contributed by atoms with Crippen LogP contribution in [0.3, 0.4) is 0 Å². The molecule has 1 aliphatic rings. The van der Waals surface area contributed by atoms with Gasteiger partial charge in [-0.25, -0.2) is 4.79 Å². The van der Waals surface area contributed by atoms with Crippen LogP contribution in [0.5, 0.6) is 0 Å². The van der Waals surface area contributed by atoms with Gasteiger partial charge in [0, 0.05) is 52.1 Å². The summed E-state index contributed by atoms with van der Waals surface area (Å²) in [5.74, 6) is -0.625. The lowest BCUT2D eigenvalue weighted by Crippen LogP contribution is -2.48. The second-order valence-corrected chi connectivity index (χ2v) is 16.3. The fourth-order valence-electron chi connectivity index (χ4n) is 7.15. The molecule has 9 nitrogen and oxygen atoms in total. The summed E-state index contributed by atoms with van der Waals surface area (Å²) in [7, 11) is 0. The third-order valence-electron chi connectivity index (χ3n) is 11.0. The molecule has 0 aromatic rings. The number of unbranched alkanes of at least 4 members (excludes halogenated alkanes) is 22. The average Bonchev–Trinajstić information content (AvgIpc) is 3.22. The number of ether oxygens (including phenoxy) is 3. The Kier molecular flexibility index (Phi) is 37.3. The van der Waals surface area contributed by atoms with Gasteiger partial charge < -0.3 is 24.4 Å². The first kappa shape index (κ1) is 52.6. The lowest BCUT2D eigenvalue weighted by molar-refractivity contribution is -0.152. The highest BCUT2D eigenvalue weighted by Crippen LogP contribution is 2.13. The molecule has 0 aromatic heterocycles. The first-order chi connectivity index (χ1) is 28.0. The molecule has 0 aliphatic carbocycles. The number of esters is 2. The topological polar surface area (TPSA) is 97.4 Å². The summed E-state index contributed by atoms with van der Waals surface area (Å²) in [6.07, 6.45) is 39.7. The first-order valence-corrected chi connectivity index (χ1v) is 24.0. The molecular formula is C48H89N3O6. The molecule has 1 heterocycles. The predicted molar refractivity (Wildman–Crippen MR) is 238 cm³/mol. The van der Waals surface area contributed by atoms with Gasteiger partial charge in [-0.1, -0.05) is 148 Å². The van der Waals surface area contributed by atoms with E-state index in [0.717, 1.165) is 90.6 Å². The van der Waals surface area contributed by atoms with Crippen LogP contribution in [0, 0.1) is 0 Å². The second-order valence-electron chi connectivity index (χ2n) is 16.3. The van der Waals surface area contributed by atoms with E-state index >= 15 is 0 Å². The summed E-state index contributed by atoms with van der Waals surface area (Å²) >= 11 is 0. The summed E-state index contributed by atoms with van der Waals surface area (Å²) in [5, 5.41) is 2.82. The maximum Gasteiger partial charge on any atom is 0.407 e. The van der Waals surface area contributed by atoms with Crippen LogP contribution in [-0.2, 0) is 23.8 Å². The van der Waals surface area contributed by atoms with Crippen molar-refractivity contribution in [1.82, 2.24) is 15.1 Å². The molecule has 9 heteroatoms. The number of alkyl carbamates (subject to hydrolysis) is 1. The number of carbonyl (C=O) groups is 3. The minimum atomic E-state index is -0.853. The Morgan fingerprint density at radius 3 is 1.28 bits per heavy atom. The zero-order chi connectivity index (χ0) is 41.3. The molecule has 0 radical (unpaired) electrons. The van der Waals surface area contributed by atoms with Crippen LogP contribution in [-0.4, -0.2) is 93.0 Å². The van der Waals surface area contributed by atoms with E-state index < -0.39 is 12.2 Å². The number of carbonyl (C=O) groups excluding carboxylic acids is 3. The standard InChI is InChI=1S/C48H89N3O6/c1-4-7-9-11-13-15-17-19-21-23-25-27-29-31-33-35-46(52)55-43-45(57-48(54)49-37-38-51-41-39-50(6-3)40-42-51)44-56-47(53)36-34-32-30-28-26-24-22-20-18-16-14-12-10-8-5-2/h19-22,45H,4-18,23-44H2,1-3H3,(H,49,54). The van der Waals surface area contributed by atoms with Crippen molar-refractivity contribution < 1.29 is 28.6 Å². The van der Waals surface area contributed by atoms with Gasteiger partial charge in [0.15, 0.2) is 6.10 Å². The Labute approximate surface area is 350 Å². The van der Waals surface area contributed by atoms with Crippen molar-refractivity contribution in [3.05, 3.63) is 24.3 Å². The highest BCUT2D eigenvalue weighted by atomic mass is 16.6. The van der Waals surface area contributed by atoms with E-state index in [9.17, 15) is 14.4 Å². The molecule has 0 aromatic carbocycles. The van der Waals surface area contributed by atoms with Crippen LogP contribution >= 0.6 is 0 Å². The van der Waals surface area contributed by atoms with Crippen LogP contribution in [0.25, 0.3) is 0 Å². The molecule has 0 bridgehead atoms. The number of allylic oxidation sites excluding steroid dienone is 4. The van der Waals surface area contributed by atoms with E-state index in [0.29, 0.717) is 19.4 Å². The van der Waals surface area contributed by atoms with Crippen molar-refractivity contribution in [1.29, 1.82) is 0 Å². The predicted octanol–water partition coefficient (Wildman–Crippen LogP) is 11.9. The summed E-state index contributed by atoms with van der Waals surface area (Å²) in [4.78, 5) is 42.6. The van der Waals surface area contributed by atoms with E-state index in [2.05, 4.69) is 60.2 Å². The number of hydrogen-bond acceptors (Lipinski definition) is 8. The van der Waals surface area contributed by atoms with Crippen LogP contribution in [0.2, 0.25) is 0 Å². The maximum absolute atomic E-state index is 12.7. The van der Waals surface area contributed by atoms with Crippen LogP contribution in [0.4, 0.5) is 4.79 Å². The Bertz CT molecular complexity index is 941. The smallest absolute Gasteiger partial charge is 0.407 e. The lowest BCUT2D eigenvalue weighted by atomic mass is 10.1. The minimum absolute atomic E-state index is 0.128. The van der Waals surface area contributed by atoms with Crippen LogP contribution in [0.15, 0.2) is 24.3 Å². The average molecular weight is 804 g/mol. The van der Waals surface area contributed by atoms with Gasteiger partial charge in [0.2, 0.25) is 0 Å². The van der Waals surface area contributed by atoms with Crippen molar-refractivity contribution >= 4 is 18.0 Å². The highest BCUT2D eigenvalue weighted by Gasteiger charge is 2.20. The maximum atomic E-state index is 12.7. The first-order valence-electron chi connectivity index (χ1n) is 24.0. The minimum Gasteiger partial charge on any atom is -0.462 e. The third kappa shape index (κ3) is 35.3. The SMILES string of the molecule is CCCCCCCCC=CCCCCCCCC(=O)OCC(COC(=O)CCCCCCCC=CCCCCCCCC)OC(=O)NCCN1CCN(CC)CC1. The van der Waals surface area contributed by atoms with E-state index in [4.69, 9.17) is 14.2 Å². The molecule has 0 unspecified atom stereocenters. The van der Waals surface area contributed by atoms with Crippen molar-refractivity contribution in [2.45, 2.75) is 207 Å². The van der Waals surface area contributed by atoms with Gasteiger partial charge in [0.05, 0.1) is 0 Å². The summed E-state index contributed by atoms with van der Waals surface area (Å²) in [6.45, 7) is 12.7. The second kappa shape index (κ2) is 40.4. The third-order valence-corrected chi connectivity index (χ3v) is 11.0. The molecule has 0 spiro atoms. The van der Waals surface area contributed by atoms with Gasteiger partial charge >= 0.3 is 18.0 Å². The van der Waals surface area contributed by atoms with Crippen molar-refractivity contribution in [3.63, 3.8) is 0 Å². The zero-order valence-corrected chi connectivity index (χ0v) is 37.4. The number of likely N-dealkylation sites (N-methyl/N-ethyl adjacent to an activating group) is 1. The Morgan fingerprint density at radius 1 is 0.509 bits per heavy atom. The summed E-state index contributed by atoms with van der Waals surface area (Å²) < 4.78 is 16.6. The van der Waals surface area contributed by atoms with E-state index in [1.54, 1.807) is 0 Å². The number of piperazine rings is 1. The number of rotatable bonds is 39. The fraction of sp³-hybridized carbons (Fsp3) is 0.854. The molecule has 0 atom stereocenters. The zero-order valence-electron chi connectivity index (χ0n) is 37.4. The highest BCUT2D eigenvalue weighted by molar-refractivity contribution is 5.70. The summed E-state index contributed by atoms with van der Waals surface area (Å²) in [5.41, 5.74) is 0. The van der Waals surface area contributed by atoms with Crippen molar-refractivity contribution in [3.8, 4) is 0 Å². The van der Waals surface area contributed by atoms with Gasteiger partial charge in [0.25, 0.3) is 0 Å². The van der Waals surface area contributed by atoms with E-state index in [1.165, 1.54) is 116 Å². The lowest BCUT2D eigenvalue weighted by Gasteiger charge is -2.33. The van der Waals surface area contributed by atoms with E-state index in [-0.39, 0.29) is 25.2 Å². The van der Waals surface area contributed by atoms with Gasteiger partial charge in [-0.15, -0.1) is 0 Å².